The van der Waals surface area contributed by atoms with Crippen LogP contribution in [-0.2, 0) is 24.3 Å². The Morgan fingerprint density at radius 3 is 1.50 bits per heavy atom. The van der Waals surface area contributed by atoms with Gasteiger partial charge in [-0.3, -0.25) is 4.55 Å². The molecule has 0 heterocycles. The van der Waals surface area contributed by atoms with E-state index < -0.39 is 10.1 Å². The van der Waals surface area contributed by atoms with Gasteiger partial charge in [0.25, 0.3) is 10.1 Å². The number of rotatable bonds is 20. The molecule has 0 aliphatic heterocycles. The Kier molecular flexibility index (Phi) is 24.6. The summed E-state index contributed by atoms with van der Waals surface area (Å²) < 4.78 is 45.8. The molecule has 154 valence electrons. The van der Waals surface area contributed by atoms with E-state index in [0.717, 1.165) is 13.0 Å². The first-order valence-electron chi connectivity index (χ1n) is 9.74. The molecule has 0 aromatic heterocycles. The first kappa shape index (κ1) is 29.0. The van der Waals surface area contributed by atoms with Crippen molar-refractivity contribution < 1.29 is 58.2 Å². The molecule has 0 aromatic carbocycles. The molecule has 0 aromatic rings. The summed E-state index contributed by atoms with van der Waals surface area (Å²) in [5.41, 5.74) is 0. The van der Waals surface area contributed by atoms with Crippen molar-refractivity contribution in [2.75, 3.05) is 45.4 Å². The van der Waals surface area contributed by atoms with Gasteiger partial charge in [0.1, 0.15) is 0 Å². The molecule has 0 spiro atoms. The van der Waals surface area contributed by atoms with E-state index in [1.54, 1.807) is 0 Å². The summed E-state index contributed by atoms with van der Waals surface area (Å²) in [6, 6.07) is 0. The topological polar surface area (TPSA) is 82.1 Å². The minimum Gasteiger partial charge on any atom is -1.00 e. The fourth-order valence-electron chi connectivity index (χ4n) is 2.37. The van der Waals surface area contributed by atoms with Crippen molar-refractivity contribution in [1.82, 2.24) is 0 Å². The SMILES string of the molecule is CCCCCCCCCCOCCOCCOCCCCS(=O)(=O)O.[H-].[Na+]. The van der Waals surface area contributed by atoms with Crippen molar-refractivity contribution in [2.45, 2.75) is 71.1 Å². The van der Waals surface area contributed by atoms with Gasteiger partial charge in [0, 0.05) is 13.2 Å². The minimum atomic E-state index is -3.84. The van der Waals surface area contributed by atoms with Gasteiger partial charge < -0.3 is 15.6 Å². The van der Waals surface area contributed by atoms with Crippen molar-refractivity contribution in [3.05, 3.63) is 0 Å². The molecular formula is C18H39NaO6S. The van der Waals surface area contributed by atoms with Gasteiger partial charge in [-0.05, 0) is 19.3 Å². The number of hydrogen-bond donors (Lipinski definition) is 1. The molecule has 0 aliphatic carbocycles. The number of unbranched alkanes of at least 4 members (excludes halogenated alkanes) is 8. The second kappa shape index (κ2) is 22.1. The molecule has 0 bridgehead atoms. The van der Waals surface area contributed by atoms with Gasteiger partial charge >= 0.3 is 29.6 Å². The maximum atomic E-state index is 10.5. The van der Waals surface area contributed by atoms with Crippen LogP contribution >= 0.6 is 0 Å². The normalized spacial score (nSPS) is 11.5. The van der Waals surface area contributed by atoms with Gasteiger partial charge in [0.05, 0.1) is 32.2 Å². The fraction of sp³-hybridized carbons (Fsp3) is 1.00. The molecule has 6 nitrogen and oxygen atoms in total. The van der Waals surface area contributed by atoms with Gasteiger partial charge in [-0.25, -0.2) is 0 Å². The standard InChI is InChI=1S/C18H38O6S.Na.H/c1-2-3-4-5-6-7-8-9-12-22-14-16-24-17-15-23-13-10-11-18-25(19,20)21;;/h2-18H2,1H3,(H,19,20,21);;/q;+1;-1. The van der Waals surface area contributed by atoms with E-state index in [2.05, 4.69) is 6.92 Å². The third-order valence-electron chi connectivity index (χ3n) is 3.83. The molecule has 0 saturated carbocycles. The largest absolute Gasteiger partial charge is 1.00 e. The van der Waals surface area contributed by atoms with Crippen molar-refractivity contribution >= 4 is 10.1 Å². The maximum absolute atomic E-state index is 10.5. The van der Waals surface area contributed by atoms with E-state index in [4.69, 9.17) is 18.8 Å². The second-order valence-corrected chi connectivity index (χ2v) is 7.88. The van der Waals surface area contributed by atoms with Crippen LogP contribution in [0.2, 0.25) is 0 Å². The summed E-state index contributed by atoms with van der Waals surface area (Å²) in [4.78, 5) is 0. The summed E-state index contributed by atoms with van der Waals surface area (Å²) in [6.45, 7) is 5.72. The Morgan fingerprint density at radius 2 is 1.04 bits per heavy atom. The molecule has 0 saturated heterocycles. The molecule has 0 atom stereocenters. The van der Waals surface area contributed by atoms with Crippen LogP contribution in [-0.4, -0.2) is 58.4 Å². The van der Waals surface area contributed by atoms with Gasteiger partial charge in [-0.15, -0.1) is 0 Å². The molecule has 1 N–H and O–H groups in total. The summed E-state index contributed by atoms with van der Waals surface area (Å²) in [6.07, 6.45) is 11.5. The molecule has 26 heavy (non-hydrogen) atoms. The van der Waals surface area contributed by atoms with Crippen LogP contribution in [0.5, 0.6) is 0 Å². The van der Waals surface area contributed by atoms with Crippen molar-refractivity contribution in [2.24, 2.45) is 0 Å². The van der Waals surface area contributed by atoms with E-state index >= 15 is 0 Å². The number of hydrogen-bond acceptors (Lipinski definition) is 5. The van der Waals surface area contributed by atoms with E-state index in [1.165, 1.54) is 44.9 Å². The first-order chi connectivity index (χ1) is 12.1. The summed E-state index contributed by atoms with van der Waals surface area (Å²) in [7, 11) is -3.84. The van der Waals surface area contributed by atoms with Gasteiger partial charge in [-0.1, -0.05) is 51.9 Å². The Hall–Kier alpha value is 0.790. The molecule has 0 radical (unpaired) electrons. The third-order valence-corrected chi connectivity index (χ3v) is 4.63. The summed E-state index contributed by atoms with van der Waals surface area (Å²) >= 11 is 0. The summed E-state index contributed by atoms with van der Waals surface area (Å²) in [5.74, 6) is -0.205. The average molecular weight is 407 g/mol. The minimum absolute atomic E-state index is 0. The fourth-order valence-corrected chi connectivity index (χ4v) is 2.94. The zero-order valence-electron chi connectivity index (χ0n) is 17.9. The Morgan fingerprint density at radius 1 is 0.654 bits per heavy atom. The van der Waals surface area contributed by atoms with Crippen LogP contribution in [0.15, 0.2) is 0 Å². The van der Waals surface area contributed by atoms with Crippen LogP contribution in [0, 0.1) is 0 Å². The molecule has 8 heteroatoms. The molecular weight excluding hydrogens is 367 g/mol. The third kappa shape index (κ3) is 27.0. The zero-order valence-corrected chi connectivity index (χ0v) is 19.7. The van der Waals surface area contributed by atoms with Gasteiger partial charge in [0.2, 0.25) is 0 Å². The van der Waals surface area contributed by atoms with Crippen LogP contribution in [0.1, 0.15) is 72.6 Å². The van der Waals surface area contributed by atoms with E-state index in [1.807, 2.05) is 0 Å². The molecule has 0 unspecified atom stereocenters. The van der Waals surface area contributed by atoms with E-state index in [9.17, 15) is 8.42 Å². The Labute approximate surface area is 184 Å². The molecule has 0 aliphatic rings. The zero-order chi connectivity index (χ0) is 18.6. The Balaban J connectivity index is -0.00000288. The van der Waals surface area contributed by atoms with E-state index in [-0.39, 0.29) is 36.7 Å². The first-order valence-corrected chi connectivity index (χ1v) is 11.4. The second-order valence-electron chi connectivity index (χ2n) is 6.31. The van der Waals surface area contributed by atoms with Crippen molar-refractivity contribution in [3.8, 4) is 0 Å². The Bertz CT molecular complexity index is 371. The molecule has 0 rings (SSSR count). The van der Waals surface area contributed by atoms with Crippen LogP contribution < -0.4 is 29.6 Å². The van der Waals surface area contributed by atoms with Crippen LogP contribution in [0.4, 0.5) is 0 Å². The monoisotopic (exact) mass is 406 g/mol. The average Bonchev–Trinajstić information content (AvgIpc) is 2.56. The molecule has 0 amide bonds. The predicted octanol–water partition coefficient (Wildman–Crippen LogP) is 0.961. The predicted molar refractivity (Wildman–Crippen MR) is 102 cm³/mol. The molecule has 0 fully saturated rings. The quantitative estimate of drug-likeness (QED) is 0.184. The maximum Gasteiger partial charge on any atom is 1.00 e. The summed E-state index contributed by atoms with van der Waals surface area (Å²) in [5, 5.41) is 0. The van der Waals surface area contributed by atoms with E-state index in [0.29, 0.717) is 45.9 Å². The van der Waals surface area contributed by atoms with Crippen LogP contribution in [0.25, 0.3) is 0 Å². The number of ether oxygens (including phenoxy) is 3. The van der Waals surface area contributed by atoms with Gasteiger partial charge in [-0.2, -0.15) is 8.42 Å². The smallest absolute Gasteiger partial charge is 1.00 e. The van der Waals surface area contributed by atoms with Gasteiger partial charge in [0.15, 0.2) is 0 Å². The van der Waals surface area contributed by atoms with Crippen molar-refractivity contribution in [1.29, 1.82) is 0 Å². The van der Waals surface area contributed by atoms with Crippen LogP contribution in [0.3, 0.4) is 0 Å². The van der Waals surface area contributed by atoms with Crippen molar-refractivity contribution in [3.63, 3.8) is 0 Å².